The molecule has 2 aromatic rings. The van der Waals surface area contributed by atoms with Gasteiger partial charge in [0, 0.05) is 11.4 Å². The molecule has 24 heavy (non-hydrogen) atoms. The molecule has 10 nitrogen and oxygen atoms in total. The van der Waals surface area contributed by atoms with Crippen LogP contribution in [0.25, 0.3) is 0 Å². The predicted molar refractivity (Wildman–Crippen MR) is 90.5 cm³/mol. The third kappa shape index (κ3) is 4.47. The van der Waals surface area contributed by atoms with Crippen LogP contribution in [0.1, 0.15) is 6.92 Å². The standard InChI is InChI=1S/C10H10BrN5O5S3/c1-5(17)13-8-3-2-6(4-7(8)11)24(20,21)16-9-14-15-10(22-9)23(12,18)19/h2-4H,1H3,(H,13,17)(H,14,16)(H2,12,18,19). The van der Waals surface area contributed by atoms with Crippen molar-refractivity contribution in [1.82, 2.24) is 10.2 Å². The number of carbonyl (C=O) groups is 1. The van der Waals surface area contributed by atoms with Crippen LogP contribution in [0.15, 0.2) is 31.9 Å². The van der Waals surface area contributed by atoms with Crippen molar-refractivity contribution in [2.24, 2.45) is 5.14 Å². The summed E-state index contributed by atoms with van der Waals surface area (Å²) >= 11 is 3.64. The number of benzene rings is 1. The quantitative estimate of drug-likeness (QED) is 0.597. The number of primary sulfonamides is 1. The normalized spacial score (nSPS) is 12.0. The zero-order valence-electron chi connectivity index (χ0n) is 11.8. The summed E-state index contributed by atoms with van der Waals surface area (Å²) in [4.78, 5) is 10.9. The first kappa shape index (κ1) is 18.7. The van der Waals surface area contributed by atoms with E-state index in [9.17, 15) is 21.6 Å². The van der Waals surface area contributed by atoms with Crippen molar-refractivity contribution in [3.8, 4) is 0 Å². The van der Waals surface area contributed by atoms with E-state index in [-0.39, 0.29) is 15.9 Å². The van der Waals surface area contributed by atoms with Crippen LogP contribution in [-0.2, 0) is 24.8 Å². The second-order valence-corrected chi connectivity index (χ2v) is 9.60. The minimum Gasteiger partial charge on any atom is -0.325 e. The Morgan fingerprint density at radius 2 is 1.92 bits per heavy atom. The fourth-order valence-corrected chi connectivity index (χ4v) is 4.71. The number of anilines is 2. The number of hydrogen-bond donors (Lipinski definition) is 3. The lowest BCUT2D eigenvalue weighted by Crippen LogP contribution is -2.13. The molecule has 4 N–H and O–H groups in total. The van der Waals surface area contributed by atoms with Crippen LogP contribution in [0.4, 0.5) is 10.8 Å². The zero-order chi connectivity index (χ0) is 18.1. The summed E-state index contributed by atoms with van der Waals surface area (Å²) in [6.07, 6.45) is 0. The van der Waals surface area contributed by atoms with Gasteiger partial charge in [0.15, 0.2) is 0 Å². The predicted octanol–water partition coefficient (Wildman–Crippen LogP) is 0.707. The van der Waals surface area contributed by atoms with Crippen molar-refractivity contribution in [3.05, 3.63) is 22.7 Å². The highest BCUT2D eigenvalue weighted by Crippen LogP contribution is 2.27. The topological polar surface area (TPSA) is 161 Å². The minimum absolute atomic E-state index is 0.129. The smallest absolute Gasteiger partial charge is 0.267 e. The van der Waals surface area contributed by atoms with E-state index in [4.69, 9.17) is 5.14 Å². The van der Waals surface area contributed by atoms with Crippen LogP contribution in [0.5, 0.6) is 0 Å². The van der Waals surface area contributed by atoms with Crippen LogP contribution in [0.2, 0.25) is 0 Å². The molecule has 0 aliphatic heterocycles. The fraction of sp³-hybridized carbons (Fsp3) is 0.100. The molecule has 1 aromatic heterocycles. The Balaban J connectivity index is 2.29. The molecule has 0 atom stereocenters. The fourth-order valence-electron chi connectivity index (χ4n) is 1.49. The van der Waals surface area contributed by atoms with Gasteiger partial charge in [0.2, 0.25) is 15.4 Å². The van der Waals surface area contributed by atoms with Gasteiger partial charge in [0.05, 0.1) is 10.6 Å². The van der Waals surface area contributed by atoms with Crippen LogP contribution in [-0.4, -0.2) is 32.9 Å². The first-order valence-corrected chi connectivity index (χ1v) is 10.6. The lowest BCUT2D eigenvalue weighted by atomic mass is 10.3. The monoisotopic (exact) mass is 455 g/mol. The summed E-state index contributed by atoms with van der Waals surface area (Å²) in [6.45, 7) is 1.32. The van der Waals surface area contributed by atoms with Gasteiger partial charge in [-0.15, -0.1) is 10.2 Å². The summed E-state index contributed by atoms with van der Waals surface area (Å²) in [5.41, 5.74) is 0.397. The van der Waals surface area contributed by atoms with Gasteiger partial charge in [-0.3, -0.25) is 9.52 Å². The average Bonchev–Trinajstić information content (AvgIpc) is 2.88. The van der Waals surface area contributed by atoms with Crippen molar-refractivity contribution in [2.75, 3.05) is 10.0 Å². The third-order valence-electron chi connectivity index (χ3n) is 2.43. The number of sulfonamides is 2. The molecule has 14 heteroatoms. The van der Waals surface area contributed by atoms with Crippen molar-refractivity contribution in [3.63, 3.8) is 0 Å². The maximum atomic E-state index is 12.3. The van der Waals surface area contributed by atoms with E-state index in [0.29, 0.717) is 21.5 Å². The van der Waals surface area contributed by atoms with Gasteiger partial charge < -0.3 is 5.32 Å². The van der Waals surface area contributed by atoms with E-state index in [1.165, 1.54) is 25.1 Å². The zero-order valence-corrected chi connectivity index (χ0v) is 15.9. The number of rotatable bonds is 5. The molecule has 0 unspecified atom stereocenters. The lowest BCUT2D eigenvalue weighted by molar-refractivity contribution is -0.114. The van der Waals surface area contributed by atoms with Gasteiger partial charge >= 0.3 is 0 Å². The van der Waals surface area contributed by atoms with E-state index < -0.39 is 24.4 Å². The second kappa shape index (κ2) is 6.72. The molecule has 1 amide bonds. The number of halogens is 1. The minimum atomic E-state index is -4.06. The highest BCUT2D eigenvalue weighted by molar-refractivity contribution is 9.10. The third-order valence-corrected chi connectivity index (χ3v) is 6.70. The van der Waals surface area contributed by atoms with E-state index >= 15 is 0 Å². The summed E-state index contributed by atoms with van der Waals surface area (Å²) < 4.78 is 48.8. The highest BCUT2D eigenvalue weighted by atomic mass is 79.9. The average molecular weight is 456 g/mol. The summed E-state index contributed by atoms with van der Waals surface area (Å²) in [7, 11) is -8.10. The number of nitrogens with one attached hydrogen (secondary N) is 2. The van der Waals surface area contributed by atoms with Crippen LogP contribution in [0, 0.1) is 0 Å². The first-order chi connectivity index (χ1) is 11.0. The molecule has 0 saturated carbocycles. The molecule has 130 valence electrons. The molecule has 1 aromatic carbocycles. The first-order valence-electron chi connectivity index (χ1n) is 5.95. The second-order valence-electron chi connectivity index (χ2n) is 4.35. The molecule has 1 heterocycles. The van der Waals surface area contributed by atoms with E-state index in [2.05, 4.69) is 36.2 Å². The summed E-state index contributed by atoms with van der Waals surface area (Å²) in [5.74, 6) is -0.311. The largest absolute Gasteiger partial charge is 0.325 e. The van der Waals surface area contributed by atoms with Crippen molar-refractivity contribution in [1.29, 1.82) is 0 Å². The molecule has 0 saturated heterocycles. The molecular formula is C10H10BrN5O5S3. The van der Waals surface area contributed by atoms with Crippen LogP contribution in [0.3, 0.4) is 0 Å². The number of aromatic nitrogens is 2. The molecule has 2 rings (SSSR count). The Hall–Kier alpha value is -1.61. The maximum Gasteiger partial charge on any atom is 0.267 e. The summed E-state index contributed by atoms with van der Waals surface area (Å²) in [6, 6.07) is 3.94. The number of nitrogens with two attached hydrogens (primary N) is 1. The Labute approximate surface area is 149 Å². The van der Waals surface area contributed by atoms with Crippen molar-refractivity contribution >= 4 is 64.0 Å². The molecule has 0 radical (unpaired) electrons. The number of amides is 1. The highest BCUT2D eigenvalue weighted by Gasteiger charge is 2.21. The molecule has 0 bridgehead atoms. The molecule has 0 spiro atoms. The Kier molecular flexibility index (Phi) is 5.24. The lowest BCUT2D eigenvalue weighted by Gasteiger charge is -2.08. The van der Waals surface area contributed by atoms with Crippen molar-refractivity contribution < 1.29 is 21.6 Å². The van der Waals surface area contributed by atoms with Crippen molar-refractivity contribution in [2.45, 2.75) is 16.2 Å². The van der Waals surface area contributed by atoms with Gasteiger partial charge in [-0.2, -0.15) is 0 Å². The number of nitrogens with zero attached hydrogens (tertiary/aromatic N) is 2. The SMILES string of the molecule is CC(=O)Nc1ccc(S(=O)(=O)Nc2nnc(S(N)(=O)=O)s2)cc1Br. The van der Waals surface area contributed by atoms with Gasteiger partial charge in [-0.25, -0.2) is 22.0 Å². The van der Waals surface area contributed by atoms with E-state index in [1.807, 2.05) is 0 Å². The van der Waals surface area contributed by atoms with Gasteiger partial charge in [0.1, 0.15) is 0 Å². The van der Waals surface area contributed by atoms with E-state index in [1.54, 1.807) is 0 Å². The molecule has 0 fully saturated rings. The van der Waals surface area contributed by atoms with Gasteiger partial charge in [-0.05, 0) is 34.1 Å². The molecular weight excluding hydrogens is 446 g/mol. The van der Waals surface area contributed by atoms with E-state index in [0.717, 1.165) is 0 Å². The summed E-state index contributed by atoms with van der Waals surface area (Å²) in [5, 5.41) is 13.9. The Bertz CT molecular complexity index is 1000. The number of carbonyl (C=O) groups excluding carboxylic acids is 1. The molecule has 0 aliphatic rings. The van der Waals surface area contributed by atoms with Crippen LogP contribution >= 0.6 is 27.3 Å². The Morgan fingerprint density at radius 3 is 2.42 bits per heavy atom. The van der Waals surface area contributed by atoms with Gasteiger partial charge in [0.25, 0.3) is 20.0 Å². The van der Waals surface area contributed by atoms with Crippen LogP contribution < -0.4 is 15.2 Å². The number of hydrogen-bond acceptors (Lipinski definition) is 8. The maximum absolute atomic E-state index is 12.3. The Morgan fingerprint density at radius 1 is 1.25 bits per heavy atom. The molecule has 0 aliphatic carbocycles. The van der Waals surface area contributed by atoms with Gasteiger partial charge in [-0.1, -0.05) is 11.3 Å².